The molecule has 11 heavy (non-hydrogen) atoms. The van der Waals surface area contributed by atoms with Gasteiger partial charge in [-0.3, -0.25) is 4.79 Å². The highest BCUT2D eigenvalue weighted by Gasteiger charge is 2.25. The van der Waals surface area contributed by atoms with E-state index < -0.39 is 0 Å². The highest BCUT2D eigenvalue weighted by Crippen LogP contribution is 2.27. The fourth-order valence-corrected chi connectivity index (χ4v) is 1.98. The predicted molar refractivity (Wildman–Crippen MR) is 46.7 cm³/mol. The number of rotatable bonds is 1. The molecule has 0 aliphatic heterocycles. The van der Waals surface area contributed by atoms with E-state index in [1.54, 1.807) is 0 Å². The Kier molecular flexibility index (Phi) is 3.24. The summed E-state index contributed by atoms with van der Waals surface area (Å²) in [5.41, 5.74) is 0. The Morgan fingerprint density at radius 1 is 1.55 bits per heavy atom. The van der Waals surface area contributed by atoms with E-state index >= 15 is 0 Å². The molecule has 2 atom stereocenters. The highest BCUT2D eigenvalue weighted by molar-refractivity contribution is 7.80. The lowest BCUT2D eigenvalue weighted by molar-refractivity contribution is -0.146. The van der Waals surface area contributed by atoms with Gasteiger partial charge in [0.25, 0.3) is 0 Å². The van der Waals surface area contributed by atoms with Crippen molar-refractivity contribution in [2.45, 2.75) is 30.9 Å². The molecule has 0 unspecified atom stereocenters. The third-order valence-corrected chi connectivity index (χ3v) is 2.65. The van der Waals surface area contributed by atoms with Crippen molar-refractivity contribution in [1.29, 1.82) is 0 Å². The van der Waals surface area contributed by atoms with E-state index in [9.17, 15) is 4.79 Å². The first-order valence-electron chi connectivity index (χ1n) is 4.00. The Morgan fingerprint density at radius 2 is 2.27 bits per heavy atom. The van der Waals surface area contributed by atoms with Gasteiger partial charge in [0.1, 0.15) is 0 Å². The number of esters is 1. The summed E-state index contributed by atoms with van der Waals surface area (Å²) in [4.78, 5) is 11.1. The Morgan fingerprint density at radius 3 is 2.82 bits per heavy atom. The fourth-order valence-electron chi connectivity index (χ4n) is 1.54. The lowest BCUT2D eigenvalue weighted by atomic mass is 9.89. The number of carbonyl (C=O) groups is 1. The second-order valence-electron chi connectivity index (χ2n) is 3.04. The van der Waals surface area contributed by atoms with Crippen LogP contribution in [0.15, 0.2) is 0 Å². The number of carbonyl (C=O) groups excluding carboxylic acids is 1. The molecule has 3 heteroatoms. The molecule has 0 aromatic carbocycles. The maximum atomic E-state index is 11.1. The molecular formula is C8H14O2S. The molecule has 1 aliphatic rings. The molecule has 1 rings (SSSR count). The van der Waals surface area contributed by atoms with Crippen molar-refractivity contribution in [3.05, 3.63) is 0 Å². The SMILES string of the molecule is COC(=O)[C@H]1CCC[C@@H](S)C1. The monoisotopic (exact) mass is 174 g/mol. The molecule has 64 valence electrons. The van der Waals surface area contributed by atoms with E-state index in [1.165, 1.54) is 7.11 Å². The first kappa shape index (κ1) is 8.91. The molecule has 1 saturated carbocycles. The smallest absolute Gasteiger partial charge is 0.308 e. The Labute approximate surface area is 72.7 Å². The first-order chi connectivity index (χ1) is 5.24. The summed E-state index contributed by atoms with van der Waals surface area (Å²) < 4.78 is 4.67. The minimum atomic E-state index is -0.0660. The average molecular weight is 174 g/mol. The predicted octanol–water partition coefficient (Wildman–Crippen LogP) is 1.65. The standard InChI is InChI=1S/C8H14O2S/c1-10-8(9)6-3-2-4-7(11)5-6/h6-7,11H,2-5H2,1H3/t6-,7+/m0/s1. The molecule has 0 spiro atoms. The number of hydrogen-bond donors (Lipinski definition) is 1. The molecule has 0 aromatic heterocycles. The molecule has 0 radical (unpaired) electrons. The summed E-state index contributed by atoms with van der Waals surface area (Å²) >= 11 is 4.35. The normalized spacial score (nSPS) is 31.5. The largest absolute Gasteiger partial charge is 0.469 e. The first-order valence-corrected chi connectivity index (χ1v) is 4.51. The van der Waals surface area contributed by atoms with Crippen molar-refractivity contribution in [2.75, 3.05) is 7.11 Å². The van der Waals surface area contributed by atoms with Crippen LogP contribution in [-0.4, -0.2) is 18.3 Å². The van der Waals surface area contributed by atoms with Crippen LogP contribution in [-0.2, 0) is 9.53 Å². The molecule has 0 amide bonds. The van der Waals surface area contributed by atoms with Gasteiger partial charge in [0, 0.05) is 5.25 Å². The van der Waals surface area contributed by atoms with Crippen molar-refractivity contribution < 1.29 is 9.53 Å². The van der Waals surface area contributed by atoms with E-state index in [1.807, 2.05) is 0 Å². The molecule has 0 heterocycles. The van der Waals surface area contributed by atoms with Crippen LogP contribution in [0.25, 0.3) is 0 Å². The molecule has 2 nitrogen and oxygen atoms in total. The van der Waals surface area contributed by atoms with Crippen LogP contribution in [0.2, 0.25) is 0 Å². The fraction of sp³-hybridized carbons (Fsp3) is 0.875. The van der Waals surface area contributed by atoms with Gasteiger partial charge in [-0.15, -0.1) is 0 Å². The average Bonchev–Trinajstić information content (AvgIpc) is 2.03. The van der Waals surface area contributed by atoms with Crippen molar-refractivity contribution in [1.82, 2.24) is 0 Å². The number of methoxy groups -OCH3 is 1. The van der Waals surface area contributed by atoms with Gasteiger partial charge in [0.05, 0.1) is 13.0 Å². The molecule has 1 fully saturated rings. The summed E-state index contributed by atoms with van der Waals surface area (Å²) in [5, 5.41) is 0.396. The van der Waals surface area contributed by atoms with Crippen molar-refractivity contribution in [3.8, 4) is 0 Å². The molecule has 0 bridgehead atoms. The third-order valence-electron chi connectivity index (χ3n) is 2.18. The number of hydrogen-bond acceptors (Lipinski definition) is 3. The Balaban J connectivity index is 2.39. The van der Waals surface area contributed by atoms with Crippen LogP contribution in [0.5, 0.6) is 0 Å². The van der Waals surface area contributed by atoms with E-state index in [-0.39, 0.29) is 11.9 Å². The molecule has 0 N–H and O–H groups in total. The van der Waals surface area contributed by atoms with E-state index in [4.69, 9.17) is 0 Å². The Bertz CT molecular complexity index is 147. The molecule has 1 aliphatic carbocycles. The third kappa shape index (κ3) is 2.40. The summed E-state index contributed by atoms with van der Waals surface area (Å²) in [7, 11) is 1.45. The van der Waals surface area contributed by atoms with Crippen molar-refractivity contribution in [2.24, 2.45) is 5.92 Å². The maximum absolute atomic E-state index is 11.1. The van der Waals surface area contributed by atoms with Crippen molar-refractivity contribution in [3.63, 3.8) is 0 Å². The Hall–Kier alpha value is -0.180. The van der Waals surface area contributed by atoms with E-state index in [0.29, 0.717) is 5.25 Å². The van der Waals surface area contributed by atoms with Gasteiger partial charge in [-0.1, -0.05) is 6.42 Å². The van der Waals surface area contributed by atoms with Gasteiger partial charge in [-0.05, 0) is 19.3 Å². The van der Waals surface area contributed by atoms with E-state index in [0.717, 1.165) is 25.7 Å². The van der Waals surface area contributed by atoms with Gasteiger partial charge in [-0.25, -0.2) is 0 Å². The van der Waals surface area contributed by atoms with Gasteiger partial charge >= 0.3 is 5.97 Å². The van der Waals surface area contributed by atoms with Gasteiger partial charge in [0.2, 0.25) is 0 Å². The van der Waals surface area contributed by atoms with Gasteiger partial charge < -0.3 is 4.74 Å². The zero-order valence-corrected chi connectivity index (χ0v) is 7.64. The summed E-state index contributed by atoms with van der Waals surface area (Å²) in [5.74, 6) is 0.0417. The second kappa shape index (κ2) is 4.00. The lowest BCUT2D eigenvalue weighted by Crippen LogP contribution is -2.24. The topological polar surface area (TPSA) is 26.3 Å². The lowest BCUT2D eigenvalue weighted by Gasteiger charge is -2.23. The van der Waals surface area contributed by atoms with Crippen molar-refractivity contribution >= 4 is 18.6 Å². The molecule has 0 aromatic rings. The number of ether oxygens (including phenoxy) is 1. The van der Waals surface area contributed by atoms with Crippen LogP contribution in [0.3, 0.4) is 0 Å². The zero-order valence-electron chi connectivity index (χ0n) is 6.75. The van der Waals surface area contributed by atoms with Crippen LogP contribution < -0.4 is 0 Å². The van der Waals surface area contributed by atoms with Crippen LogP contribution >= 0.6 is 12.6 Å². The number of thiol groups is 1. The second-order valence-corrected chi connectivity index (χ2v) is 3.77. The van der Waals surface area contributed by atoms with E-state index in [2.05, 4.69) is 17.4 Å². The van der Waals surface area contributed by atoms with Gasteiger partial charge in [-0.2, -0.15) is 12.6 Å². The summed E-state index contributed by atoms with van der Waals surface area (Å²) in [6.45, 7) is 0. The van der Waals surface area contributed by atoms with Crippen LogP contribution in [0.4, 0.5) is 0 Å². The summed E-state index contributed by atoms with van der Waals surface area (Å²) in [6, 6.07) is 0. The van der Waals surface area contributed by atoms with Crippen LogP contribution in [0, 0.1) is 5.92 Å². The maximum Gasteiger partial charge on any atom is 0.308 e. The van der Waals surface area contributed by atoms with Crippen LogP contribution in [0.1, 0.15) is 25.7 Å². The highest BCUT2D eigenvalue weighted by atomic mass is 32.1. The quantitative estimate of drug-likeness (QED) is 0.483. The minimum Gasteiger partial charge on any atom is -0.469 e. The molecule has 0 saturated heterocycles. The summed E-state index contributed by atoms with van der Waals surface area (Å²) in [6.07, 6.45) is 4.10. The molecular weight excluding hydrogens is 160 g/mol. The van der Waals surface area contributed by atoms with Gasteiger partial charge in [0.15, 0.2) is 0 Å². The minimum absolute atomic E-state index is 0.0660. The zero-order chi connectivity index (χ0) is 8.27.